The fourth-order valence-corrected chi connectivity index (χ4v) is 1.44. The molecule has 15 heavy (non-hydrogen) atoms. The van der Waals surface area contributed by atoms with E-state index in [9.17, 15) is 0 Å². The molecule has 0 amide bonds. The highest BCUT2D eigenvalue weighted by molar-refractivity contribution is 5.67. The van der Waals surface area contributed by atoms with Crippen molar-refractivity contribution >= 4 is 11.8 Å². The van der Waals surface area contributed by atoms with E-state index in [2.05, 4.69) is 57.4 Å². The number of hydrogen-bond acceptors (Lipinski definition) is 1. The molecule has 0 fully saturated rings. The van der Waals surface area contributed by atoms with Crippen LogP contribution in [0.2, 0.25) is 0 Å². The van der Waals surface area contributed by atoms with Crippen LogP contribution in [-0.2, 0) is 5.41 Å². The van der Waals surface area contributed by atoms with E-state index < -0.39 is 0 Å². The molecule has 1 nitrogen and oxygen atoms in total. The van der Waals surface area contributed by atoms with Gasteiger partial charge >= 0.3 is 0 Å². The Kier molecular flexibility index (Phi) is 3.35. The van der Waals surface area contributed by atoms with Crippen LogP contribution >= 0.6 is 0 Å². The fraction of sp³-hybridized carbons (Fsp3) is 0.286. The summed E-state index contributed by atoms with van der Waals surface area (Å²) >= 11 is 0. The summed E-state index contributed by atoms with van der Waals surface area (Å²) in [7, 11) is 0. The monoisotopic (exact) mass is 201 g/mol. The number of anilines is 1. The van der Waals surface area contributed by atoms with Gasteiger partial charge < -0.3 is 5.32 Å². The van der Waals surface area contributed by atoms with Crippen LogP contribution in [-0.4, -0.2) is 0 Å². The Hall–Kier alpha value is -1.50. The Morgan fingerprint density at radius 3 is 2.33 bits per heavy atom. The van der Waals surface area contributed by atoms with Crippen LogP contribution in [0.15, 0.2) is 37.6 Å². The van der Waals surface area contributed by atoms with E-state index in [0.29, 0.717) is 0 Å². The summed E-state index contributed by atoms with van der Waals surface area (Å²) in [6.07, 6.45) is 3.53. The first-order valence-electron chi connectivity index (χ1n) is 5.13. The minimum absolute atomic E-state index is 0.164. The van der Waals surface area contributed by atoms with Crippen LogP contribution in [0.3, 0.4) is 0 Å². The van der Waals surface area contributed by atoms with E-state index in [-0.39, 0.29) is 5.41 Å². The minimum atomic E-state index is 0.164. The Morgan fingerprint density at radius 1 is 1.20 bits per heavy atom. The molecule has 80 valence electrons. The maximum atomic E-state index is 3.79. The molecule has 0 saturated heterocycles. The number of benzene rings is 1. The van der Waals surface area contributed by atoms with Gasteiger partial charge in [-0.3, -0.25) is 0 Å². The van der Waals surface area contributed by atoms with Gasteiger partial charge in [0.15, 0.2) is 0 Å². The zero-order valence-corrected chi connectivity index (χ0v) is 9.80. The van der Waals surface area contributed by atoms with Crippen LogP contribution < -0.4 is 5.32 Å². The summed E-state index contributed by atoms with van der Waals surface area (Å²) < 4.78 is 0. The molecule has 0 spiro atoms. The Bertz CT molecular complexity index is 369. The second kappa shape index (κ2) is 4.35. The maximum Gasteiger partial charge on any atom is 0.0455 e. The van der Waals surface area contributed by atoms with Crippen molar-refractivity contribution in [1.82, 2.24) is 0 Å². The highest BCUT2D eigenvalue weighted by Gasteiger charge is 2.14. The van der Waals surface area contributed by atoms with Crippen molar-refractivity contribution < 1.29 is 0 Å². The maximum absolute atomic E-state index is 3.79. The first kappa shape index (κ1) is 11.6. The van der Waals surface area contributed by atoms with Gasteiger partial charge in [-0.25, -0.2) is 0 Å². The van der Waals surface area contributed by atoms with E-state index in [4.69, 9.17) is 0 Å². The van der Waals surface area contributed by atoms with E-state index in [1.165, 1.54) is 5.56 Å². The molecule has 1 rings (SSSR count). The van der Waals surface area contributed by atoms with Gasteiger partial charge in [-0.2, -0.15) is 0 Å². The summed E-state index contributed by atoms with van der Waals surface area (Å²) in [4.78, 5) is 0. The molecule has 0 unspecified atom stereocenters. The van der Waals surface area contributed by atoms with E-state index in [0.717, 1.165) is 11.3 Å². The van der Waals surface area contributed by atoms with Crippen LogP contribution in [0.1, 0.15) is 31.9 Å². The van der Waals surface area contributed by atoms with Crippen LogP contribution in [0, 0.1) is 0 Å². The average molecular weight is 201 g/mol. The third-order valence-corrected chi connectivity index (χ3v) is 2.40. The van der Waals surface area contributed by atoms with E-state index in [1.807, 2.05) is 6.08 Å². The van der Waals surface area contributed by atoms with Gasteiger partial charge in [0.1, 0.15) is 0 Å². The van der Waals surface area contributed by atoms with Gasteiger partial charge in [0, 0.05) is 5.69 Å². The lowest BCUT2D eigenvalue weighted by atomic mass is 9.86. The summed E-state index contributed by atoms with van der Waals surface area (Å²) in [5.74, 6) is 0. The van der Waals surface area contributed by atoms with E-state index in [1.54, 1.807) is 6.20 Å². The highest BCUT2D eigenvalue weighted by atomic mass is 14.8. The van der Waals surface area contributed by atoms with Gasteiger partial charge in [-0.15, -0.1) is 0 Å². The smallest absolute Gasteiger partial charge is 0.0455 e. The van der Waals surface area contributed by atoms with Gasteiger partial charge in [-0.05, 0) is 28.8 Å². The van der Waals surface area contributed by atoms with Crippen molar-refractivity contribution in [3.63, 3.8) is 0 Å². The number of nitrogens with one attached hydrogen (secondary N) is 1. The molecule has 1 N–H and O–H groups in total. The quantitative estimate of drug-likeness (QED) is 0.773. The lowest BCUT2D eigenvalue weighted by Crippen LogP contribution is -2.11. The lowest BCUT2D eigenvalue weighted by molar-refractivity contribution is 0.590. The molecular formula is C14H19N. The van der Waals surface area contributed by atoms with E-state index >= 15 is 0 Å². The Labute approximate surface area is 92.5 Å². The first-order chi connectivity index (χ1) is 6.99. The molecule has 0 aliphatic rings. The molecule has 0 aliphatic heterocycles. The third kappa shape index (κ3) is 2.72. The third-order valence-electron chi connectivity index (χ3n) is 2.40. The fourth-order valence-electron chi connectivity index (χ4n) is 1.44. The summed E-state index contributed by atoms with van der Waals surface area (Å²) in [6.45, 7) is 14.1. The lowest BCUT2D eigenvalue weighted by Gasteiger charge is -2.20. The largest absolute Gasteiger partial charge is 0.362 e. The molecule has 1 aromatic carbocycles. The predicted octanol–water partition coefficient (Wildman–Crippen LogP) is 4.18. The molecule has 0 heterocycles. The molecule has 0 bridgehead atoms. The Balaban J connectivity index is 3.21. The molecular weight excluding hydrogens is 182 g/mol. The predicted molar refractivity (Wildman–Crippen MR) is 69.1 cm³/mol. The number of rotatable bonds is 3. The van der Waals surface area contributed by atoms with Crippen molar-refractivity contribution in [2.24, 2.45) is 0 Å². The van der Waals surface area contributed by atoms with Crippen LogP contribution in [0.4, 0.5) is 5.69 Å². The van der Waals surface area contributed by atoms with Gasteiger partial charge in [-0.1, -0.05) is 52.1 Å². The van der Waals surface area contributed by atoms with Gasteiger partial charge in [0.2, 0.25) is 0 Å². The average Bonchev–Trinajstić information content (AvgIpc) is 2.17. The summed E-state index contributed by atoms with van der Waals surface area (Å²) in [5.41, 5.74) is 3.63. The van der Waals surface area contributed by atoms with Crippen LogP contribution in [0.5, 0.6) is 0 Å². The van der Waals surface area contributed by atoms with Crippen molar-refractivity contribution in [1.29, 1.82) is 0 Å². The van der Waals surface area contributed by atoms with Gasteiger partial charge in [0.05, 0.1) is 0 Å². The molecule has 0 atom stereocenters. The summed E-state index contributed by atoms with van der Waals surface area (Å²) in [6, 6.07) is 6.38. The van der Waals surface area contributed by atoms with Crippen LogP contribution in [0.25, 0.3) is 6.08 Å². The standard InChI is InChI=1S/C14H19N/c1-6-11-8-9-12(14(3,4)5)10-13(11)15-7-2/h6-10,15H,1-2H2,3-5H3. The highest BCUT2D eigenvalue weighted by Crippen LogP contribution is 2.27. The van der Waals surface area contributed by atoms with Gasteiger partial charge in [0.25, 0.3) is 0 Å². The normalized spacial score (nSPS) is 10.9. The zero-order chi connectivity index (χ0) is 11.5. The van der Waals surface area contributed by atoms with Crippen molar-refractivity contribution in [3.8, 4) is 0 Å². The molecule has 0 aliphatic carbocycles. The minimum Gasteiger partial charge on any atom is -0.362 e. The molecule has 1 heteroatoms. The Morgan fingerprint density at radius 2 is 1.87 bits per heavy atom. The molecule has 0 radical (unpaired) electrons. The molecule has 0 aromatic heterocycles. The second-order valence-electron chi connectivity index (χ2n) is 4.60. The van der Waals surface area contributed by atoms with Crippen molar-refractivity contribution in [3.05, 3.63) is 48.7 Å². The second-order valence-corrected chi connectivity index (χ2v) is 4.60. The zero-order valence-electron chi connectivity index (χ0n) is 9.80. The number of hydrogen-bond donors (Lipinski definition) is 1. The molecule has 0 saturated carbocycles. The topological polar surface area (TPSA) is 12.0 Å². The van der Waals surface area contributed by atoms with Crippen molar-refractivity contribution in [2.75, 3.05) is 5.32 Å². The van der Waals surface area contributed by atoms with Crippen molar-refractivity contribution in [2.45, 2.75) is 26.2 Å². The SMILES string of the molecule is C=CNc1cc(C(C)(C)C)ccc1C=C. The first-order valence-corrected chi connectivity index (χ1v) is 5.13. The molecule has 1 aromatic rings. The summed E-state index contributed by atoms with van der Waals surface area (Å²) in [5, 5.41) is 3.13.